The third kappa shape index (κ3) is 4.29. The molecule has 1 aromatic carbocycles. The van der Waals surface area contributed by atoms with E-state index in [4.69, 9.17) is 9.47 Å². The molecule has 1 aliphatic carbocycles. The number of unbranched alkanes of at least 4 members (excludes halogenated alkanes) is 2. The molecule has 1 saturated heterocycles. The first kappa shape index (κ1) is 20.1. The number of nitrogens with one attached hydrogen (secondary N) is 1. The van der Waals surface area contributed by atoms with Crippen molar-refractivity contribution < 1.29 is 18.7 Å². The Morgan fingerprint density at radius 3 is 2.78 bits per heavy atom. The topological polar surface area (TPSA) is 47.6 Å². The number of carbonyl (C=O) groups is 1. The third-order valence-corrected chi connectivity index (χ3v) is 6.25. The lowest BCUT2D eigenvalue weighted by atomic mass is 9.56. The maximum absolute atomic E-state index is 14.1. The van der Waals surface area contributed by atoms with Crippen LogP contribution in [0.2, 0.25) is 0 Å². The molecule has 0 amide bonds. The van der Waals surface area contributed by atoms with Crippen molar-refractivity contribution in [2.45, 2.75) is 65.0 Å². The zero-order valence-corrected chi connectivity index (χ0v) is 16.7. The highest BCUT2D eigenvalue weighted by Gasteiger charge is 2.57. The first-order valence-electron chi connectivity index (χ1n) is 10.2. The van der Waals surface area contributed by atoms with Crippen LogP contribution in [0.1, 0.15) is 57.9 Å². The maximum Gasteiger partial charge on any atom is 0.310 e. The second kappa shape index (κ2) is 8.59. The molecule has 4 nitrogen and oxygen atoms in total. The number of ether oxygens (including phenoxy) is 2. The van der Waals surface area contributed by atoms with Crippen LogP contribution in [-0.2, 0) is 16.0 Å². The Kier molecular flexibility index (Phi) is 6.40. The number of methoxy groups -OCH3 is 1. The Balaban J connectivity index is 1.49. The van der Waals surface area contributed by atoms with E-state index < -0.39 is 0 Å². The van der Waals surface area contributed by atoms with E-state index >= 15 is 0 Å². The highest BCUT2D eigenvalue weighted by atomic mass is 19.1. The molecular formula is C22H32FNO3. The van der Waals surface area contributed by atoms with E-state index in [0.29, 0.717) is 23.7 Å². The standard InChI is InChI=1S/C22H32FNO3/c1-4-5-6-8-15(2)20(25)27-21-22(14-24-21)12-16(13-22)11-17-18(23)9-7-10-19(17)26-3/h7,9-10,15-16,21,24H,4-6,8,11-14H2,1-3H3. The smallest absolute Gasteiger partial charge is 0.310 e. The summed E-state index contributed by atoms with van der Waals surface area (Å²) in [5, 5.41) is 3.27. The van der Waals surface area contributed by atoms with E-state index in [2.05, 4.69) is 12.2 Å². The number of hydrogen-bond acceptors (Lipinski definition) is 4. The number of halogens is 1. The number of esters is 1. The summed E-state index contributed by atoms with van der Waals surface area (Å²) in [6, 6.07) is 4.97. The monoisotopic (exact) mass is 377 g/mol. The molecular weight excluding hydrogens is 345 g/mol. The first-order valence-corrected chi connectivity index (χ1v) is 10.2. The first-order chi connectivity index (χ1) is 13.0. The molecule has 1 aliphatic heterocycles. The number of rotatable bonds is 9. The summed E-state index contributed by atoms with van der Waals surface area (Å²) in [4.78, 5) is 12.3. The molecule has 0 bridgehead atoms. The van der Waals surface area contributed by atoms with Gasteiger partial charge in [-0.1, -0.05) is 39.2 Å². The molecule has 5 heteroatoms. The van der Waals surface area contributed by atoms with Crippen molar-refractivity contribution >= 4 is 5.97 Å². The van der Waals surface area contributed by atoms with E-state index in [1.807, 2.05) is 13.0 Å². The molecule has 1 N–H and O–H groups in total. The summed E-state index contributed by atoms with van der Waals surface area (Å²) in [6.07, 6.45) is 6.68. The molecule has 1 aromatic rings. The van der Waals surface area contributed by atoms with Crippen LogP contribution in [0.25, 0.3) is 0 Å². The van der Waals surface area contributed by atoms with E-state index in [-0.39, 0.29) is 29.3 Å². The Hall–Kier alpha value is -1.62. The number of hydrogen-bond donors (Lipinski definition) is 1. The fourth-order valence-electron chi connectivity index (χ4n) is 4.50. The van der Waals surface area contributed by atoms with Gasteiger partial charge in [0.05, 0.1) is 13.0 Å². The molecule has 0 aromatic heterocycles. The van der Waals surface area contributed by atoms with Gasteiger partial charge in [0.2, 0.25) is 0 Å². The van der Waals surface area contributed by atoms with Crippen LogP contribution in [0.3, 0.4) is 0 Å². The zero-order chi connectivity index (χ0) is 19.4. The summed E-state index contributed by atoms with van der Waals surface area (Å²) in [5.74, 6) is 0.676. The summed E-state index contributed by atoms with van der Waals surface area (Å²) in [5.41, 5.74) is 0.701. The minimum absolute atomic E-state index is 0.0436. The van der Waals surface area contributed by atoms with E-state index in [1.54, 1.807) is 13.2 Å². The normalized spacial score (nSPS) is 27.6. The van der Waals surface area contributed by atoms with Crippen molar-refractivity contribution in [3.8, 4) is 5.75 Å². The molecule has 2 atom stereocenters. The van der Waals surface area contributed by atoms with Crippen LogP contribution in [0.4, 0.5) is 4.39 Å². The molecule has 27 heavy (non-hydrogen) atoms. The predicted octanol–water partition coefficient (Wildman–Crippen LogP) is 4.46. The van der Waals surface area contributed by atoms with Crippen molar-refractivity contribution in [2.24, 2.45) is 17.3 Å². The average Bonchev–Trinajstić information content (AvgIpc) is 2.62. The summed E-state index contributed by atoms with van der Waals surface area (Å²) < 4.78 is 25.2. The number of carbonyl (C=O) groups excluding carboxylic acids is 1. The van der Waals surface area contributed by atoms with Crippen molar-refractivity contribution in [3.63, 3.8) is 0 Å². The molecule has 1 spiro atoms. The van der Waals surface area contributed by atoms with Gasteiger partial charge < -0.3 is 9.47 Å². The summed E-state index contributed by atoms with van der Waals surface area (Å²) in [7, 11) is 1.58. The fourth-order valence-corrected chi connectivity index (χ4v) is 4.50. The second-order valence-electron chi connectivity index (χ2n) is 8.36. The van der Waals surface area contributed by atoms with Gasteiger partial charge in [0.1, 0.15) is 11.6 Å². The largest absolute Gasteiger partial charge is 0.496 e. The van der Waals surface area contributed by atoms with Gasteiger partial charge >= 0.3 is 5.97 Å². The van der Waals surface area contributed by atoms with E-state index in [9.17, 15) is 9.18 Å². The quantitative estimate of drug-likeness (QED) is 0.510. The molecule has 1 heterocycles. The molecule has 150 valence electrons. The molecule has 0 radical (unpaired) electrons. The van der Waals surface area contributed by atoms with Crippen LogP contribution in [0.5, 0.6) is 5.75 Å². The van der Waals surface area contributed by atoms with Gasteiger partial charge in [-0.25, -0.2) is 4.39 Å². The van der Waals surface area contributed by atoms with Crippen molar-refractivity contribution in [1.82, 2.24) is 5.32 Å². The van der Waals surface area contributed by atoms with Crippen LogP contribution in [0.15, 0.2) is 18.2 Å². The molecule has 2 fully saturated rings. The van der Waals surface area contributed by atoms with Gasteiger partial charge in [-0.3, -0.25) is 10.1 Å². The van der Waals surface area contributed by atoms with Gasteiger partial charge in [0.15, 0.2) is 6.23 Å². The molecule has 1 saturated carbocycles. The average molecular weight is 378 g/mol. The number of benzene rings is 1. The SMILES string of the molecule is CCCCCC(C)C(=O)OC1NCC12CC(Cc1c(F)cccc1OC)C2. The summed E-state index contributed by atoms with van der Waals surface area (Å²) >= 11 is 0. The maximum atomic E-state index is 14.1. The highest BCUT2D eigenvalue weighted by molar-refractivity contribution is 5.72. The lowest BCUT2D eigenvalue weighted by Crippen LogP contribution is -2.69. The van der Waals surface area contributed by atoms with Crippen molar-refractivity contribution in [2.75, 3.05) is 13.7 Å². The Labute approximate surface area is 161 Å². The van der Waals surface area contributed by atoms with Gasteiger partial charge in [-0.15, -0.1) is 0 Å². The Morgan fingerprint density at radius 1 is 1.37 bits per heavy atom. The predicted molar refractivity (Wildman–Crippen MR) is 103 cm³/mol. The molecule has 3 rings (SSSR count). The van der Waals surface area contributed by atoms with Crippen LogP contribution in [-0.4, -0.2) is 25.9 Å². The molecule has 2 unspecified atom stereocenters. The molecule has 2 aliphatic rings. The Morgan fingerprint density at radius 2 is 2.15 bits per heavy atom. The van der Waals surface area contributed by atoms with Crippen molar-refractivity contribution in [1.29, 1.82) is 0 Å². The minimum Gasteiger partial charge on any atom is -0.496 e. The third-order valence-electron chi connectivity index (χ3n) is 6.25. The van der Waals surface area contributed by atoms with Gasteiger partial charge in [0.25, 0.3) is 0 Å². The minimum atomic E-state index is -0.203. The second-order valence-corrected chi connectivity index (χ2v) is 8.36. The lowest BCUT2D eigenvalue weighted by Gasteiger charge is -2.58. The van der Waals surface area contributed by atoms with Crippen LogP contribution >= 0.6 is 0 Å². The van der Waals surface area contributed by atoms with Gasteiger partial charge in [-0.2, -0.15) is 0 Å². The van der Waals surface area contributed by atoms with E-state index in [1.165, 1.54) is 6.07 Å². The summed E-state index contributed by atoms with van der Waals surface area (Å²) in [6.45, 7) is 4.99. The van der Waals surface area contributed by atoms with Crippen LogP contribution in [0, 0.1) is 23.1 Å². The van der Waals surface area contributed by atoms with Crippen LogP contribution < -0.4 is 10.1 Å². The lowest BCUT2D eigenvalue weighted by molar-refractivity contribution is -0.198. The van der Waals surface area contributed by atoms with Crippen molar-refractivity contribution in [3.05, 3.63) is 29.6 Å². The Bertz CT molecular complexity index is 657. The van der Waals surface area contributed by atoms with Gasteiger partial charge in [-0.05, 0) is 43.7 Å². The van der Waals surface area contributed by atoms with E-state index in [0.717, 1.165) is 45.1 Å². The fraction of sp³-hybridized carbons (Fsp3) is 0.682. The van der Waals surface area contributed by atoms with Gasteiger partial charge in [0, 0.05) is 17.5 Å². The highest BCUT2D eigenvalue weighted by Crippen LogP contribution is 2.54. The zero-order valence-electron chi connectivity index (χ0n) is 16.7.